The number of thioether (sulfide) groups is 1. The third-order valence-electron chi connectivity index (χ3n) is 3.07. The minimum atomic E-state index is 0.0824. The van der Waals surface area contributed by atoms with Crippen LogP contribution < -0.4 is 5.32 Å². The molecule has 1 unspecified atom stereocenters. The Hall–Kier alpha value is -1.23. The highest BCUT2D eigenvalue weighted by Crippen LogP contribution is 2.22. The molecule has 1 aliphatic heterocycles. The lowest BCUT2D eigenvalue weighted by molar-refractivity contribution is 0.0763. The fourth-order valence-corrected chi connectivity index (χ4v) is 3.12. The van der Waals surface area contributed by atoms with Gasteiger partial charge in [0.25, 0.3) is 5.91 Å². The van der Waals surface area contributed by atoms with E-state index < -0.39 is 0 Å². The Morgan fingerprint density at radius 2 is 2.39 bits per heavy atom. The van der Waals surface area contributed by atoms with Crippen LogP contribution in [0.25, 0.3) is 0 Å². The molecule has 1 aliphatic rings. The van der Waals surface area contributed by atoms with E-state index in [2.05, 4.69) is 17.2 Å². The number of anilines is 1. The molecular formula is C13H19N3OS. The van der Waals surface area contributed by atoms with E-state index in [-0.39, 0.29) is 5.91 Å². The van der Waals surface area contributed by atoms with Gasteiger partial charge in [-0.05, 0) is 13.0 Å². The first-order valence-corrected chi connectivity index (χ1v) is 7.22. The Labute approximate surface area is 112 Å². The standard InChI is InChI=1S/C13H19N3OS/c1-9-6-12(14-3)11(7-15-9)13(17)16-4-5-18-10(2)8-16/h6-7,10H,4-5,8H2,1-3H3,(H,14,15). The molecule has 0 aromatic carbocycles. The molecule has 1 amide bonds. The second kappa shape index (κ2) is 5.61. The molecule has 2 heterocycles. The predicted octanol–water partition coefficient (Wildman–Crippen LogP) is 2.01. The molecule has 4 nitrogen and oxygen atoms in total. The summed E-state index contributed by atoms with van der Waals surface area (Å²) in [5, 5.41) is 3.59. The van der Waals surface area contributed by atoms with Gasteiger partial charge in [0.15, 0.2) is 0 Å². The van der Waals surface area contributed by atoms with Gasteiger partial charge in [0, 0.05) is 43.0 Å². The van der Waals surface area contributed by atoms with Crippen LogP contribution in [0, 0.1) is 6.92 Å². The van der Waals surface area contributed by atoms with Crippen molar-refractivity contribution in [1.82, 2.24) is 9.88 Å². The topological polar surface area (TPSA) is 45.2 Å². The van der Waals surface area contributed by atoms with Gasteiger partial charge in [-0.2, -0.15) is 11.8 Å². The molecule has 1 fully saturated rings. The third kappa shape index (κ3) is 2.77. The number of aryl methyl sites for hydroxylation is 1. The number of carbonyl (C=O) groups excluding carboxylic acids is 1. The largest absolute Gasteiger partial charge is 0.387 e. The summed E-state index contributed by atoms with van der Waals surface area (Å²) in [5.74, 6) is 1.10. The zero-order valence-corrected chi connectivity index (χ0v) is 11.9. The first-order valence-electron chi connectivity index (χ1n) is 6.17. The summed E-state index contributed by atoms with van der Waals surface area (Å²) in [4.78, 5) is 18.6. The Kier molecular flexibility index (Phi) is 4.11. The van der Waals surface area contributed by atoms with E-state index in [9.17, 15) is 4.79 Å². The highest BCUT2D eigenvalue weighted by atomic mass is 32.2. The summed E-state index contributed by atoms with van der Waals surface area (Å²) in [7, 11) is 1.83. The minimum absolute atomic E-state index is 0.0824. The van der Waals surface area contributed by atoms with Crippen molar-refractivity contribution in [2.24, 2.45) is 0 Å². The smallest absolute Gasteiger partial charge is 0.257 e. The van der Waals surface area contributed by atoms with Crippen molar-refractivity contribution >= 4 is 23.4 Å². The summed E-state index contributed by atoms with van der Waals surface area (Å²) >= 11 is 1.92. The molecule has 0 aliphatic carbocycles. The maximum atomic E-state index is 12.5. The molecular weight excluding hydrogens is 246 g/mol. The normalized spacial score (nSPS) is 19.7. The van der Waals surface area contributed by atoms with Gasteiger partial charge in [-0.3, -0.25) is 9.78 Å². The number of carbonyl (C=O) groups is 1. The van der Waals surface area contributed by atoms with Crippen LogP contribution >= 0.6 is 11.8 Å². The number of nitrogens with one attached hydrogen (secondary N) is 1. The van der Waals surface area contributed by atoms with Crippen LogP contribution in [0.5, 0.6) is 0 Å². The van der Waals surface area contributed by atoms with Crippen LogP contribution in [0.2, 0.25) is 0 Å². The van der Waals surface area contributed by atoms with Crippen LogP contribution in [-0.2, 0) is 0 Å². The van der Waals surface area contributed by atoms with Crippen molar-refractivity contribution in [3.8, 4) is 0 Å². The maximum absolute atomic E-state index is 12.5. The van der Waals surface area contributed by atoms with Gasteiger partial charge in [0.1, 0.15) is 0 Å². The highest BCUT2D eigenvalue weighted by Gasteiger charge is 2.24. The molecule has 0 bridgehead atoms. The van der Waals surface area contributed by atoms with Crippen molar-refractivity contribution in [1.29, 1.82) is 0 Å². The Morgan fingerprint density at radius 3 is 3.06 bits per heavy atom. The molecule has 0 saturated carbocycles. The number of aromatic nitrogens is 1. The van der Waals surface area contributed by atoms with Gasteiger partial charge in [0.05, 0.1) is 11.3 Å². The van der Waals surface area contributed by atoms with Crippen molar-refractivity contribution < 1.29 is 4.79 Å². The van der Waals surface area contributed by atoms with Gasteiger partial charge >= 0.3 is 0 Å². The monoisotopic (exact) mass is 265 g/mol. The van der Waals surface area contributed by atoms with Crippen LogP contribution in [0.3, 0.4) is 0 Å². The number of hydrogen-bond donors (Lipinski definition) is 1. The van der Waals surface area contributed by atoms with E-state index in [1.54, 1.807) is 6.20 Å². The van der Waals surface area contributed by atoms with E-state index >= 15 is 0 Å². The second-order valence-corrected chi connectivity index (χ2v) is 6.10. The molecule has 1 aromatic heterocycles. The summed E-state index contributed by atoms with van der Waals surface area (Å²) in [5.41, 5.74) is 2.44. The summed E-state index contributed by atoms with van der Waals surface area (Å²) in [6, 6.07) is 1.91. The second-order valence-electron chi connectivity index (χ2n) is 4.55. The van der Waals surface area contributed by atoms with Crippen LogP contribution in [-0.4, -0.2) is 46.9 Å². The number of amides is 1. The molecule has 1 atom stereocenters. The Bertz CT molecular complexity index is 450. The fraction of sp³-hybridized carbons (Fsp3) is 0.538. The molecule has 5 heteroatoms. The average molecular weight is 265 g/mol. The molecule has 1 aromatic rings. The van der Waals surface area contributed by atoms with Gasteiger partial charge in [-0.25, -0.2) is 0 Å². The van der Waals surface area contributed by atoms with Gasteiger partial charge < -0.3 is 10.2 Å². The van der Waals surface area contributed by atoms with Crippen molar-refractivity contribution in [2.75, 3.05) is 31.2 Å². The SMILES string of the molecule is CNc1cc(C)ncc1C(=O)N1CCSC(C)C1. The summed E-state index contributed by atoms with van der Waals surface area (Å²) in [6.45, 7) is 5.73. The first kappa shape index (κ1) is 13.2. The zero-order chi connectivity index (χ0) is 13.1. The van der Waals surface area contributed by atoms with Crippen molar-refractivity contribution in [3.05, 3.63) is 23.5 Å². The summed E-state index contributed by atoms with van der Waals surface area (Å²) in [6.07, 6.45) is 1.68. The van der Waals surface area contributed by atoms with Gasteiger partial charge in [-0.1, -0.05) is 6.92 Å². The minimum Gasteiger partial charge on any atom is -0.387 e. The lowest BCUT2D eigenvalue weighted by Crippen LogP contribution is -2.41. The first-order chi connectivity index (χ1) is 8.61. The van der Waals surface area contributed by atoms with Crippen molar-refractivity contribution in [2.45, 2.75) is 19.1 Å². The maximum Gasteiger partial charge on any atom is 0.257 e. The quantitative estimate of drug-likeness (QED) is 0.888. The highest BCUT2D eigenvalue weighted by molar-refractivity contribution is 7.99. The van der Waals surface area contributed by atoms with E-state index in [0.717, 1.165) is 30.2 Å². The van der Waals surface area contributed by atoms with Crippen LogP contribution in [0.15, 0.2) is 12.3 Å². The van der Waals surface area contributed by atoms with Crippen LogP contribution in [0.4, 0.5) is 5.69 Å². The van der Waals surface area contributed by atoms with Crippen molar-refractivity contribution in [3.63, 3.8) is 0 Å². The number of hydrogen-bond acceptors (Lipinski definition) is 4. The fourth-order valence-electron chi connectivity index (χ4n) is 2.11. The molecule has 98 valence electrons. The molecule has 2 rings (SSSR count). The van der Waals surface area contributed by atoms with Gasteiger partial charge in [-0.15, -0.1) is 0 Å². The molecule has 0 radical (unpaired) electrons. The van der Waals surface area contributed by atoms with E-state index in [0.29, 0.717) is 10.8 Å². The van der Waals surface area contributed by atoms with Crippen LogP contribution in [0.1, 0.15) is 23.0 Å². The zero-order valence-electron chi connectivity index (χ0n) is 11.1. The number of rotatable bonds is 2. The lowest BCUT2D eigenvalue weighted by Gasteiger charge is -2.31. The van der Waals surface area contributed by atoms with Gasteiger partial charge in [0.2, 0.25) is 0 Å². The van der Waals surface area contributed by atoms with E-state index in [1.807, 2.05) is 36.7 Å². The molecule has 18 heavy (non-hydrogen) atoms. The van der Waals surface area contributed by atoms with E-state index in [4.69, 9.17) is 0 Å². The Balaban J connectivity index is 2.22. The third-order valence-corrected chi connectivity index (χ3v) is 4.21. The Morgan fingerprint density at radius 1 is 1.61 bits per heavy atom. The predicted molar refractivity (Wildman–Crippen MR) is 76.3 cm³/mol. The molecule has 0 spiro atoms. The lowest BCUT2D eigenvalue weighted by atomic mass is 10.1. The molecule has 1 N–H and O–H groups in total. The average Bonchev–Trinajstić information content (AvgIpc) is 2.37. The number of pyridine rings is 1. The van der Waals surface area contributed by atoms with E-state index in [1.165, 1.54) is 0 Å². The molecule has 1 saturated heterocycles. The summed E-state index contributed by atoms with van der Waals surface area (Å²) < 4.78 is 0. The number of nitrogens with zero attached hydrogens (tertiary/aromatic N) is 2.